The number of amides is 1. The minimum atomic E-state index is -0.682. The van der Waals surface area contributed by atoms with E-state index in [2.05, 4.69) is 17.4 Å². The summed E-state index contributed by atoms with van der Waals surface area (Å²) in [4.78, 5) is 26.4. The van der Waals surface area contributed by atoms with Crippen LogP contribution in [0.1, 0.15) is 43.7 Å². The summed E-state index contributed by atoms with van der Waals surface area (Å²) in [6.07, 6.45) is 5.04. The van der Waals surface area contributed by atoms with Gasteiger partial charge in [-0.15, -0.1) is 0 Å². The molecule has 2 aliphatic carbocycles. The van der Waals surface area contributed by atoms with Gasteiger partial charge in [-0.1, -0.05) is 36.8 Å². The first-order chi connectivity index (χ1) is 12.1. The number of carbonyl (C=O) groups excluding carboxylic acids is 1. The second kappa shape index (κ2) is 6.45. The van der Waals surface area contributed by atoms with Crippen LogP contribution in [0, 0.1) is 17.3 Å². The Morgan fingerprint density at radius 1 is 1.24 bits per heavy atom. The average Bonchev–Trinajstić information content (AvgIpc) is 3.26. The second-order valence-corrected chi connectivity index (χ2v) is 8.01. The van der Waals surface area contributed by atoms with Crippen LogP contribution in [-0.4, -0.2) is 41.5 Å². The van der Waals surface area contributed by atoms with Crippen molar-refractivity contribution >= 4 is 11.9 Å². The largest absolute Gasteiger partial charge is 0.481 e. The van der Waals surface area contributed by atoms with Gasteiger partial charge in [-0.3, -0.25) is 14.5 Å². The molecule has 134 valence electrons. The number of carboxylic acids is 1. The van der Waals surface area contributed by atoms with E-state index < -0.39 is 11.4 Å². The molecule has 1 aromatic rings. The molecule has 1 aromatic carbocycles. The number of rotatable bonds is 6. The number of hydrogen-bond acceptors (Lipinski definition) is 3. The van der Waals surface area contributed by atoms with Crippen molar-refractivity contribution < 1.29 is 14.7 Å². The molecule has 3 atom stereocenters. The smallest absolute Gasteiger partial charge is 0.311 e. The first-order valence-corrected chi connectivity index (χ1v) is 9.38. The van der Waals surface area contributed by atoms with Gasteiger partial charge in [0.2, 0.25) is 5.91 Å². The Balaban J connectivity index is 1.38. The van der Waals surface area contributed by atoms with E-state index in [1.165, 1.54) is 5.56 Å². The van der Waals surface area contributed by atoms with Gasteiger partial charge in [-0.05, 0) is 43.1 Å². The van der Waals surface area contributed by atoms with Gasteiger partial charge in [0, 0.05) is 13.1 Å². The first-order valence-electron chi connectivity index (χ1n) is 9.38. The van der Waals surface area contributed by atoms with Gasteiger partial charge in [0.25, 0.3) is 0 Å². The molecule has 1 aliphatic heterocycles. The van der Waals surface area contributed by atoms with Gasteiger partial charge in [0.05, 0.1) is 18.0 Å². The van der Waals surface area contributed by atoms with Crippen LogP contribution in [0.3, 0.4) is 0 Å². The Labute approximate surface area is 148 Å². The normalized spacial score (nSPS) is 30.0. The highest BCUT2D eigenvalue weighted by atomic mass is 16.4. The number of carbonyl (C=O) groups is 2. The van der Waals surface area contributed by atoms with E-state index >= 15 is 0 Å². The van der Waals surface area contributed by atoms with Crippen molar-refractivity contribution in [2.75, 3.05) is 19.6 Å². The van der Waals surface area contributed by atoms with Crippen LogP contribution in [0.5, 0.6) is 0 Å². The zero-order valence-electron chi connectivity index (χ0n) is 14.5. The highest BCUT2D eigenvalue weighted by Gasteiger charge is 2.54. The molecule has 1 saturated heterocycles. The number of hydrogen-bond donors (Lipinski definition) is 2. The molecule has 1 amide bonds. The summed E-state index contributed by atoms with van der Waals surface area (Å²) >= 11 is 0. The van der Waals surface area contributed by atoms with E-state index in [-0.39, 0.29) is 17.9 Å². The Kier molecular flexibility index (Phi) is 4.28. The third-order valence-corrected chi connectivity index (χ3v) is 6.30. The maximum absolute atomic E-state index is 12.6. The van der Waals surface area contributed by atoms with Crippen LogP contribution >= 0.6 is 0 Å². The van der Waals surface area contributed by atoms with Crippen LogP contribution in [0.4, 0.5) is 0 Å². The Hall–Kier alpha value is -1.88. The monoisotopic (exact) mass is 342 g/mol. The van der Waals surface area contributed by atoms with E-state index in [9.17, 15) is 14.7 Å². The van der Waals surface area contributed by atoms with Gasteiger partial charge in [-0.25, -0.2) is 0 Å². The summed E-state index contributed by atoms with van der Waals surface area (Å²) in [5, 5.41) is 12.9. The maximum atomic E-state index is 12.6. The van der Waals surface area contributed by atoms with E-state index in [4.69, 9.17) is 0 Å². The molecular weight excluding hydrogens is 316 g/mol. The fraction of sp³-hybridized carbons (Fsp3) is 0.600. The number of benzene rings is 1. The molecule has 4 rings (SSSR count). The molecule has 1 unspecified atom stereocenters. The molecule has 3 aliphatic rings. The number of fused-ring (bicyclic) bond motifs is 1. The molecule has 0 aromatic heterocycles. The Bertz CT molecular complexity index is 658. The number of carboxylic acid groups (broad SMARTS) is 1. The third-order valence-electron chi connectivity index (χ3n) is 6.30. The molecule has 25 heavy (non-hydrogen) atoms. The number of aliphatic carboxylic acids is 1. The van der Waals surface area contributed by atoms with Crippen molar-refractivity contribution in [2.24, 2.45) is 17.3 Å². The van der Waals surface area contributed by atoms with E-state index in [1.54, 1.807) is 0 Å². The Morgan fingerprint density at radius 2 is 2.00 bits per heavy atom. The molecule has 2 N–H and O–H groups in total. The molecule has 5 heteroatoms. The van der Waals surface area contributed by atoms with Crippen molar-refractivity contribution in [3.8, 4) is 0 Å². The predicted octanol–water partition coefficient (Wildman–Crippen LogP) is 2.44. The molecule has 0 spiro atoms. The lowest BCUT2D eigenvalue weighted by molar-refractivity contribution is -0.149. The van der Waals surface area contributed by atoms with Crippen LogP contribution in [-0.2, 0) is 9.59 Å². The topological polar surface area (TPSA) is 69.6 Å². The van der Waals surface area contributed by atoms with Crippen molar-refractivity contribution in [1.29, 1.82) is 0 Å². The SMILES string of the molecule is O=C(CN1C[C@@H]2CCC[C@@]2(C(=O)O)C1)NC(c1ccccc1)C1CC1. The van der Waals surface area contributed by atoms with E-state index in [0.717, 1.165) is 38.6 Å². The van der Waals surface area contributed by atoms with Gasteiger partial charge in [0.15, 0.2) is 0 Å². The standard InChI is InChI=1S/C20H26N2O3/c23-17(21-18(15-8-9-15)14-5-2-1-3-6-14)12-22-11-16-7-4-10-20(16,13-22)19(24)25/h1-3,5-6,15-16,18H,4,7-13H2,(H,21,23)(H,24,25)/t16-,18?,20+/m0/s1. The summed E-state index contributed by atoms with van der Waals surface area (Å²) in [5.41, 5.74) is 0.550. The molecule has 2 saturated carbocycles. The van der Waals surface area contributed by atoms with Crippen molar-refractivity contribution in [1.82, 2.24) is 10.2 Å². The van der Waals surface area contributed by atoms with E-state index in [0.29, 0.717) is 19.0 Å². The van der Waals surface area contributed by atoms with Gasteiger partial charge in [0.1, 0.15) is 0 Å². The van der Waals surface area contributed by atoms with Crippen molar-refractivity contribution in [3.05, 3.63) is 35.9 Å². The minimum absolute atomic E-state index is 0.0151. The van der Waals surface area contributed by atoms with Crippen LogP contribution in [0.2, 0.25) is 0 Å². The lowest BCUT2D eigenvalue weighted by atomic mass is 9.81. The molecule has 3 fully saturated rings. The fourth-order valence-electron chi connectivity index (χ4n) is 4.85. The van der Waals surface area contributed by atoms with Crippen molar-refractivity contribution in [3.63, 3.8) is 0 Å². The first kappa shape index (κ1) is 16.6. The summed E-state index contributed by atoms with van der Waals surface area (Å²) < 4.78 is 0. The van der Waals surface area contributed by atoms with Gasteiger partial charge in [-0.2, -0.15) is 0 Å². The summed E-state index contributed by atoms with van der Waals surface area (Å²) in [5.74, 6) is 0.0696. The van der Waals surface area contributed by atoms with Gasteiger partial charge >= 0.3 is 5.97 Å². The summed E-state index contributed by atoms with van der Waals surface area (Å²) in [6.45, 7) is 1.56. The molecule has 5 nitrogen and oxygen atoms in total. The van der Waals surface area contributed by atoms with Crippen LogP contribution in [0.25, 0.3) is 0 Å². The summed E-state index contributed by atoms with van der Waals surface area (Å²) in [7, 11) is 0. The van der Waals surface area contributed by atoms with Crippen LogP contribution in [0.15, 0.2) is 30.3 Å². The number of likely N-dealkylation sites (tertiary alicyclic amines) is 1. The second-order valence-electron chi connectivity index (χ2n) is 8.01. The molecule has 0 bridgehead atoms. The van der Waals surface area contributed by atoms with Crippen LogP contribution < -0.4 is 5.32 Å². The minimum Gasteiger partial charge on any atom is -0.481 e. The molecule has 1 heterocycles. The fourth-order valence-corrected chi connectivity index (χ4v) is 4.85. The number of nitrogens with zero attached hydrogens (tertiary/aromatic N) is 1. The zero-order valence-corrected chi connectivity index (χ0v) is 14.5. The quantitative estimate of drug-likeness (QED) is 0.833. The highest BCUT2D eigenvalue weighted by molar-refractivity contribution is 5.80. The average molecular weight is 342 g/mol. The zero-order chi connectivity index (χ0) is 17.4. The van der Waals surface area contributed by atoms with Gasteiger partial charge < -0.3 is 10.4 Å². The van der Waals surface area contributed by atoms with Crippen molar-refractivity contribution in [2.45, 2.75) is 38.1 Å². The number of nitrogens with one attached hydrogen (secondary N) is 1. The molecular formula is C20H26N2O3. The summed E-state index contributed by atoms with van der Waals surface area (Å²) in [6, 6.07) is 10.2. The highest BCUT2D eigenvalue weighted by Crippen LogP contribution is 2.48. The molecule has 0 radical (unpaired) electrons. The lowest BCUT2D eigenvalue weighted by Gasteiger charge is -2.24. The Morgan fingerprint density at radius 3 is 2.64 bits per heavy atom. The third kappa shape index (κ3) is 3.17. The predicted molar refractivity (Wildman–Crippen MR) is 93.9 cm³/mol. The lowest BCUT2D eigenvalue weighted by Crippen LogP contribution is -2.40. The maximum Gasteiger partial charge on any atom is 0.311 e. The van der Waals surface area contributed by atoms with E-state index in [1.807, 2.05) is 23.1 Å².